The van der Waals surface area contributed by atoms with E-state index in [1.54, 1.807) is 18.2 Å². The Balaban J connectivity index is 2.07. The molecule has 0 aliphatic carbocycles. The first-order chi connectivity index (χ1) is 12.3. The summed E-state index contributed by atoms with van der Waals surface area (Å²) in [7, 11) is 0. The Kier molecular flexibility index (Phi) is 6.26. The second-order valence-electron chi connectivity index (χ2n) is 5.17. The molecule has 0 atom stereocenters. The van der Waals surface area contributed by atoms with E-state index < -0.39 is 22.7 Å². The lowest BCUT2D eigenvalue weighted by Gasteiger charge is -2.11. The molecule has 0 bridgehead atoms. The van der Waals surface area contributed by atoms with Crippen LogP contribution < -0.4 is 10.6 Å². The van der Waals surface area contributed by atoms with Crippen molar-refractivity contribution in [3.63, 3.8) is 0 Å². The maximum atomic E-state index is 12.8. The molecule has 2 aromatic carbocycles. The number of carbonyl (C=O) groups is 1. The summed E-state index contributed by atoms with van der Waals surface area (Å²) in [5.41, 5.74) is -0.391. The van der Waals surface area contributed by atoms with Crippen molar-refractivity contribution in [2.45, 2.75) is 12.7 Å². The van der Waals surface area contributed by atoms with Gasteiger partial charge in [-0.05, 0) is 23.8 Å². The number of carbonyl (C=O) groups excluding carboxylic acids is 1. The van der Waals surface area contributed by atoms with Crippen LogP contribution in [0.4, 0.5) is 18.9 Å². The zero-order valence-corrected chi connectivity index (χ0v) is 14.0. The van der Waals surface area contributed by atoms with Gasteiger partial charge in [-0.1, -0.05) is 41.9 Å². The predicted octanol–water partition coefficient (Wildman–Crippen LogP) is 4.49. The molecule has 2 aromatic rings. The first kappa shape index (κ1) is 19.3. The largest absolute Gasteiger partial charge is 0.417 e. The molecule has 2 N–H and O–H groups in total. The molecule has 0 radical (unpaired) electrons. The summed E-state index contributed by atoms with van der Waals surface area (Å²) in [6, 6.07) is 14.0. The van der Waals surface area contributed by atoms with Crippen LogP contribution in [0.15, 0.2) is 60.3 Å². The van der Waals surface area contributed by atoms with Crippen LogP contribution in [-0.4, -0.2) is 5.91 Å². The summed E-state index contributed by atoms with van der Waals surface area (Å²) in [6.07, 6.45) is -3.56. The standard InChI is InChI=1S/C18H13ClF3N3O/c19-16-7-6-14(8-15(16)18(20,21)22)24-11-13(9-23)17(26)25-10-12-4-2-1-3-5-12/h1-8,11,24H,10H2,(H,25,26)/b13-11+. The normalized spacial score (nSPS) is 11.6. The first-order valence-electron chi connectivity index (χ1n) is 7.37. The fourth-order valence-electron chi connectivity index (χ4n) is 2.01. The maximum Gasteiger partial charge on any atom is 0.417 e. The lowest BCUT2D eigenvalue weighted by Crippen LogP contribution is -2.24. The number of nitrogens with zero attached hydrogens (tertiary/aromatic N) is 1. The number of alkyl halides is 3. The van der Waals surface area contributed by atoms with Gasteiger partial charge in [0.05, 0.1) is 10.6 Å². The van der Waals surface area contributed by atoms with Gasteiger partial charge in [0.15, 0.2) is 0 Å². The Morgan fingerprint density at radius 3 is 2.50 bits per heavy atom. The Hall–Kier alpha value is -2.98. The maximum absolute atomic E-state index is 12.8. The second kappa shape index (κ2) is 8.41. The fourth-order valence-corrected chi connectivity index (χ4v) is 2.23. The minimum absolute atomic E-state index is 0.0466. The van der Waals surface area contributed by atoms with Gasteiger partial charge in [-0.3, -0.25) is 4.79 Å². The van der Waals surface area contributed by atoms with E-state index in [9.17, 15) is 18.0 Å². The Labute approximate surface area is 152 Å². The van der Waals surface area contributed by atoms with Crippen molar-refractivity contribution in [2.24, 2.45) is 0 Å². The molecule has 0 saturated carbocycles. The van der Waals surface area contributed by atoms with E-state index in [2.05, 4.69) is 10.6 Å². The zero-order valence-electron chi connectivity index (χ0n) is 13.3. The third kappa shape index (κ3) is 5.26. The number of rotatable bonds is 5. The molecule has 0 fully saturated rings. The number of hydrogen-bond donors (Lipinski definition) is 2. The predicted molar refractivity (Wildman–Crippen MR) is 92.1 cm³/mol. The van der Waals surface area contributed by atoms with Crippen LogP contribution in [0, 0.1) is 11.3 Å². The average Bonchev–Trinajstić information content (AvgIpc) is 2.61. The van der Waals surface area contributed by atoms with E-state index in [-0.39, 0.29) is 17.8 Å². The Morgan fingerprint density at radius 2 is 1.88 bits per heavy atom. The quantitative estimate of drug-likeness (QED) is 0.594. The molecule has 0 aliphatic rings. The summed E-state index contributed by atoms with van der Waals surface area (Å²) >= 11 is 5.54. The Morgan fingerprint density at radius 1 is 1.19 bits per heavy atom. The second-order valence-corrected chi connectivity index (χ2v) is 5.58. The van der Waals surface area contributed by atoms with E-state index in [1.807, 2.05) is 18.2 Å². The SMILES string of the molecule is N#C/C(=C\Nc1ccc(Cl)c(C(F)(F)F)c1)C(=O)NCc1ccccc1. The van der Waals surface area contributed by atoms with Crippen molar-refractivity contribution in [3.8, 4) is 6.07 Å². The molecule has 0 heterocycles. The highest BCUT2D eigenvalue weighted by atomic mass is 35.5. The highest BCUT2D eigenvalue weighted by Crippen LogP contribution is 2.36. The van der Waals surface area contributed by atoms with E-state index in [0.29, 0.717) is 0 Å². The van der Waals surface area contributed by atoms with Crippen molar-refractivity contribution < 1.29 is 18.0 Å². The van der Waals surface area contributed by atoms with Gasteiger partial charge in [-0.15, -0.1) is 0 Å². The summed E-state index contributed by atoms with van der Waals surface area (Å²) in [5, 5.41) is 13.7. The van der Waals surface area contributed by atoms with Gasteiger partial charge in [0.1, 0.15) is 11.6 Å². The number of hydrogen-bond acceptors (Lipinski definition) is 3. The van der Waals surface area contributed by atoms with Gasteiger partial charge in [-0.25, -0.2) is 0 Å². The third-order valence-electron chi connectivity index (χ3n) is 3.32. The summed E-state index contributed by atoms with van der Waals surface area (Å²) in [6.45, 7) is 0.220. The number of benzene rings is 2. The van der Waals surface area contributed by atoms with Gasteiger partial charge >= 0.3 is 6.18 Å². The molecule has 4 nitrogen and oxygen atoms in total. The van der Waals surface area contributed by atoms with Crippen LogP contribution in [0.3, 0.4) is 0 Å². The van der Waals surface area contributed by atoms with Gasteiger partial charge in [0.25, 0.3) is 5.91 Å². The number of nitrogens with one attached hydrogen (secondary N) is 2. The Bertz CT molecular complexity index is 858. The molecule has 134 valence electrons. The molecule has 0 aliphatic heterocycles. The van der Waals surface area contributed by atoms with Gasteiger partial charge in [0.2, 0.25) is 0 Å². The molecule has 0 aromatic heterocycles. The molecule has 1 amide bonds. The molecular formula is C18H13ClF3N3O. The van der Waals surface area contributed by atoms with Crippen molar-refractivity contribution in [2.75, 3.05) is 5.32 Å². The fraction of sp³-hybridized carbons (Fsp3) is 0.111. The van der Waals surface area contributed by atoms with E-state index >= 15 is 0 Å². The topological polar surface area (TPSA) is 64.9 Å². The smallest absolute Gasteiger partial charge is 0.360 e. The first-order valence-corrected chi connectivity index (χ1v) is 7.74. The van der Waals surface area contributed by atoms with Crippen LogP contribution >= 0.6 is 11.6 Å². The molecule has 26 heavy (non-hydrogen) atoms. The minimum Gasteiger partial charge on any atom is -0.360 e. The lowest BCUT2D eigenvalue weighted by atomic mass is 10.2. The van der Waals surface area contributed by atoms with Gasteiger partial charge < -0.3 is 10.6 Å². The van der Waals surface area contributed by atoms with Crippen LogP contribution in [0.2, 0.25) is 5.02 Å². The lowest BCUT2D eigenvalue weighted by molar-refractivity contribution is -0.137. The minimum atomic E-state index is -4.61. The molecule has 2 rings (SSSR count). The van der Waals surface area contributed by atoms with E-state index in [4.69, 9.17) is 16.9 Å². The van der Waals surface area contributed by atoms with Crippen molar-refractivity contribution in [1.29, 1.82) is 5.26 Å². The van der Waals surface area contributed by atoms with Crippen LogP contribution in [0.25, 0.3) is 0 Å². The summed E-state index contributed by atoms with van der Waals surface area (Å²) in [5.74, 6) is -0.645. The molecule has 8 heteroatoms. The van der Waals surface area contributed by atoms with Crippen LogP contribution in [0.1, 0.15) is 11.1 Å². The molecular weight excluding hydrogens is 367 g/mol. The van der Waals surface area contributed by atoms with E-state index in [0.717, 1.165) is 23.9 Å². The molecule has 0 unspecified atom stereocenters. The van der Waals surface area contributed by atoms with Gasteiger partial charge in [0, 0.05) is 18.4 Å². The van der Waals surface area contributed by atoms with E-state index in [1.165, 1.54) is 6.07 Å². The highest BCUT2D eigenvalue weighted by molar-refractivity contribution is 6.31. The number of halogens is 4. The van der Waals surface area contributed by atoms with Crippen LogP contribution in [0.5, 0.6) is 0 Å². The third-order valence-corrected chi connectivity index (χ3v) is 3.65. The number of nitriles is 1. The average molecular weight is 380 g/mol. The summed E-state index contributed by atoms with van der Waals surface area (Å²) in [4.78, 5) is 12.0. The highest BCUT2D eigenvalue weighted by Gasteiger charge is 2.33. The van der Waals surface area contributed by atoms with Crippen molar-refractivity contribution >= 4 is 23.2 Å². The van der Waals surface area contributed by atoms with Crippen LogP contribution in [-0.2, 0) is 17.5 Å². The van der Waals surface area contributed by atoms with Gasteiger partial charge in [-0.2, -0.15) is 18.4 Å². The molecule has 0 spiro atoms. The number of amides is 1. The summed E-state index contributed by atoms with van der Waals surface area (Å²) < 4.78 is 38.5. The number of anilines is 1. The van der Waals surface area contributed by atoms with Crippen molar-refractivity contribution in [3.05, 3.63) is 76.5 Å². The zero-order chi connectivity index (χ0) is 19.2. The van der Waals surface area contributed by atoms with Crippen molar-refractivity contribution in [1.82, 2.24) is 5.32 Å². The monoisotopic (exact) mass is 379 g/mol. The molecule has 0 saturated heterocycles.